The number of alkyl halides is 3. The Balaban J connectivity index is 2.40. The first-order chi connectivity index (χ1) is 10.1. The van der Waals surface area contributed by atoms with Crippen LogP contribution in [-0.2, 0) is 16.1 Å². The molecule has 1 saturated heterocycles. The van der Waals surface area contributed by atoms with Gasteiger partial charge in [0.15, 0.2) is 5.11 Å². The predicted molar refractivity (Wildman–Crippen MR) is 76.8 cm³/mol. The molecule has 1 fully saturated rings. The highest BCUT2D eigenvalue weighted by Gasteiger charge is 2.30. The summed E-state index contributed by atoms with van der Waals surface area (Å²) in [5, 5.41) is 4.43. The minimum atomic E-state index is -4.36. The molecule has 22 heavy (non-hydrogen) atoms. The molecule has 0 unspecified atom stereocenters. The number of halogens is 3. The lowest BCUT2D eigenvalue weighted by atomic mass is 10.1. The van der Waals surface area contributed by atoms with E-state index in [1.54, 1.807) is 0 Å². The van der Waals surface area contributed by atoms with E-state index >= 15 is 0 Å². The van der Waals surface area contributed by atoms with Crippen LogP contribution in [-0.4, -0.2) is 27.7 Å². The second-order valence-electron chi connectivity index (χ2n) is 4.82. The Hall–Kier alpha value is -2.16. The van der Waals surface area contributed by atoms with Crippen LogP contribution in [0.15, 0.2) is 11.6 Å². The van der Waals surface area contributed by atoms with Crippen molar-refractivity contribution < 1.29 is 22.8 Å². The van der Waals surface area contributed by atoms with Crippen LogP contribution in [0, 0.1) is 13.8 Å². The summed E-state index contributed by atoms with van der Waals surface area (Å²) in [6, 6.07) is 1.49. The lowest BCUT2D eigenvalue weighted by Gasteiger charge is -2.16. The summed E-state index contributed by atoms with van der Waals surface area (Å²) in [5.41, 5.74) is 0.862. The third-order valence-corrected chi connectivity index (χ3v) is 3.40. The summed E-state index contributed by atoms with van der Waals surface area (Å²) in [7, 11) is 0. The first-order valence-corrected chi connectivity index (χ1v) is 6.61. The molecule has 0 radical (unpaired) electrons. The Labute approximate surface area is 129 Å². The largest absolute Gasteiger partial charge is 0.406 e. The number of thiocarbonyl (C=S) groups is 1. The standard InChI is InChI=1S/C13H12F3N3O2S/c1-6-3-8(7(2)19(6)5-13(14,15)16)4-9-10(20)17-12(22)18-11(9)21/h3-4H,5H2,1-2H3,(H2,17,18,20,21,22). The van der Waals surface area contributed by atoms with Crippen molar-refractivity contribution in [1.29, 1.82) is 0 Å². The smallest absolute Gasteiger partial charge is 0.340 e. The molecule has 0 saturated carbocycles. The minimum absolute atomic E-state index is 0.102. The Bertz CT molecular complexity index is 682. The number of hydrogen-bond donors (Lipinski definition) is 2. The summed E-state index contributed by atoms with van der Waals surface area (Å²) in [6.45, 7) is 1.89. The third kappa shape index (κ3) is 3.35. The van der Waals surface area contributed by atoms with Gasteiger partial charge in [-0.15, -0.1) is 0 Å². The van der Waals surface area contributed by atoms with Gasteiger partial charge in [-0.1, -0.05) is 0 Å². The van der Waals surface area contributed by atoms with Crippen molar-refractivity contribution in [2.24, 2.45) is 0 Å². The van der Waals surface area contributed by atoms with Gasteiger partial charge < -0.3 is 4.57 Å². The highest BCUT2D eigenvalue weighted by Crippen LogP contribution is 2.24. The van der Waals surface area contributed by atoms with Crippen molar-refractivity contribution in [2.75, 3.05) is 0 Å². The van der Waals surface area contributed by atoms with Crippen LogP contribution in [0.5, 0.6) is 0 Å². The number of amides is 2. The second-order valence-corrected chi connectivity index (χ2v) is 5.23. The number of carbonyl (C=O) groups is 2. The third-order valence-electron chi connectivity index (χ3n) is 3.19. The molecule has 0 aliphatic carbocycles. The van der Waals surface area contributed by atoms with Crippen molar-refractivity contribution in [1.82, 2.24) is 15.2 Å². The molecule has 2 amide bonds. The van der Waals surface area contributed by atoms with Crippen LogP contribution < -0.4 is 10.6 Å². The molecule has 0 aromatic carbocycles. The highest BCUT2D eigenvalue weighted by atomic mass is 32.1. The molecule has 1 aromatic heterocycles. The van der Waals surface area contributed by atoms with Gasteiger partial charge >= 0.3 is 6.18 Å². The number of aromatic nitrogens is 1. The molecule has 0 atom stereocenters. The van der Waals surface area contributed by atoms with E-state index in [9.17, 15) is 22.8 Å². The summed E-state index contributed by atoms with van der Waals surface area (Å²) < 4.78 is 38.8. The molecule has 9 heteroatoms. The summed E-state index contributed by atoms with van der Waals surface area (Å²) in [6.07, 6.45) is -3.10. The first kappa shape index (κ1) is 16.2. The highest BCUT2D eigenvalue weighted by molar-refractivity contribution is 7.80. The SMILES string of the molecule is Cc1cc(C=C2C(=O)NC(=S)NC2=O)c(C)n1CC(F)(F)F. The number of hydrogen-bond acceptors (Lipinski definition) is 3. The van der Waals surface area contributed by atoms with Crippen molar-refractivity contribution >= 4 is 35.2 Å². The van der Waals surface area contributed by atoms with E-state index in [2.05, 4.69) is 22.9 Å². The fraction of sp³-hybridized carbons (Fsp3) is 0.308. The van der Waals surface area contributed by atoms with Gasteiger partial charge in [-0.3, -0.25) is 20.2 Å². The van der Waals surface area contributed by atoms with Gasteiger partial charge in [0, 0.05) is 11.4 Å². The van der Waals surface area contributed by atoms with Gasteiger partial charge in [0.25, 0.3) is 11.8 Å². The van der Waals surface area contributed by atoms with Gasteiger partial charge in [-0.05, 0) is 43.8 Å². The maximum Gasteiger partial charge on any atom is 0.406 e. The summed E-state index contributed by atoms with van der Waals surface area (Å²) in [4.78, 5) is 23.5. The average Bonchev–Trinajstić information content (AvgIpc) is 2.60. The quantitative estimate of drug-likeness (QED) is 0.491. The van der Waals surface area contributed by atoms with Crippen LogP contribution >= 0.6 is 12.2 Å². The normalized spacial score (nSPS) is 15.7. The van der Waals surface area contributed by atoms with Crippen LogP contribution in [0.3, 0.4) is 0 Å². The minimum Gasteiger partial charge on any atom is -0.340 e. The fourth-order valence-electron chi connectivity index (χ4n) is 2.16. The van der Waals surface area contributed by atoms with E-state index in [0.29, 0.717) is 17.0 Å². The van der Waals surface area contributed by atoms with Crippen molar-refractivity contribution in [3.63, 3.8) is 0 Å². The van der Waals surface area contributed by atoms with Crippen LogP contribution in [0.1, 0.15) is 17.0 Å². The van der Waals surface area contributed by atoms with Crippen molar-refractivity contribution in [3.8, 4) is 0 Å². The average molecular weight is 331 g/mol. The molecule has 1 aromatic rings. The van der Waals surface area contributed by atoms with E-state index < -0.39 is 24.5 Å². The zero-order chi connectivity index (χ0) is 16.7. The molecule has 5 nitrogen and oxygen atoms in total. The van der Waals surface area contributed by atoms with Gasteiger partial charge in [0.2, 0.25) is 0 Å². The van der Waals surface area contributed by atoms with Crippen LogP contribution in [0.25, 0.3) is 6.08 Å². The molecule has 2 rings (SSSR count). The lowest BCUT2D eigenvalue weighted by molar-refractivity contribution is -0.141. The molecule has 0 spiro atoms. The number of carbonyl (C=O) groups excluding carboxylic acids is 2. The zero-order valence-corrected chi connectivity index (χ0v) is 12.5. The number of nitrogens with zero attached hydrogens (tertiary/aromatic N) is 1. The van der Waals surface area contributed by atoms with Gasteiger partial charge in [-0.2, -0.15) is 13.2 Å². The maximum absolute atomic E-state index is 12.6. The zero-order valence-electron chi connectivity index (χ0n) is 11.7. The van der Waals surface area contributed by atoms with E-state index in [1.165, 1.54) is 26.0 Å². The van der Waals surface area contributed by atoms with Gasteiger partial charge in [0.1, 0.15) is 12.1 Å². The molecule has 0 bridgehead atoms. The van der Waals surface area contributed by atoms with E-state index in [-0.39, 0.29) is 10.7 Å². The molecular formula is C13H12F3N3O2S. The predicted octanol–water partition coefficient (Wildman–Crippen LogP) is 1.58. The molecule has 2 N–H and O–H groups in total. The Morgan fingerprint density at radius 1 is 1.23 bits per heavy atom. The monoisotopic (exact) mass is 331 g/mol. The molecule has 118 valence electrons. The molecular weight excluding hydrogens is 319 g/mol. The van der Waals surface area contributed by atoms with E-state index in [0.717, 1.165) is 4.57 Å². The van der Waals surface area contributed by atoms with E-state index in [1.807, 2.05) is 0 Å². The Kier molecular flexibility index (Phi) is 4.10. The number of nitrogens with one attached hydrogen (secondary N) is 2. The Morgan fingerprint density at radius 3 is 2.27 bits per heavy atom. The second kappa shape index (κ2) is 5.56. The summed E-state index contributed by atoms with van der Waals surface area (Å²) in [5.74, 6) is -1.37. The maximum atomic E-state index is 12.6. The number of rotatable bonds is 2. The number of aryl methyl sites for hydroxylation is 1. The lowest BCUT2D eigenvalue weighted by Crippen LogP contribution is -2.51. The molecule has 2 heterocycles. The first-order valence-electron chi connectivity index (χ1n) is 6.20. The van der Waals surface area contributed by atoms with Gasteiger partial charge in [0.05, 0.1) is 0 Å². The van der Waals surface area contributed by atoms with Gasteiger partial charge in [-0.25, -0.2) is 0 Å². The van der Waals surface area contributed by atoms with Crippen molar-refractivity contribution in [3.05, 3.63) is 28.6 Å². The fourth-order valence-corrected chi connectivity index (χ4v) is 2.34. The van der Waals surface area contributed by atoms with Crippen molar-refractivity contribution in [2.45, 2.75) is 26.6 Å². The topological polar surface area (TPSA) is 63.1 Å². The molecule has 1 aliphatic rings. The Morgan fingerprint density at radius 2 is 1.77 bits per heavy atom. The molecule has 1 aliphatic heterocycles. The van der Waals surface area contributed by atoms with Crippen LogP contribution in [0.2, 0.25) is 0 Å². The summed E-state index contributed by atoms with van der Waals surface area (Å²) >= 11 is 4.67. The van der Waals surface area contributed by atoms with E-state index in [4.69, 9.17) is 0 Å². The van der Waals surface area contributed by atoms with Crippen LogP contribution in [0.4, 0.5) is 13.2 Å².